The number of benzene rings is 2. The van der Waals surface area contributed by atoms with E-state index in [0.29, 0.717) is 11.6 Å². The highest BCUT2D eigenvalue weighted by Gasteiger charge is 2.08. The van der Waals surface area contributed by atoms with E-state index in [1.807, 2.05) is 72.1 Å². The molecule has 0 aliphatic carbocycles. The largest absolute Gasteiger partial charge is 0.356 e. The molecule has 0 unspecified atom stereocenters. The number of aromatic nitrogens is 3. The summed E-state index contributed by atoms with van der Waals surface area (Å²) < 4.78 is 0. The number of anilines is 4. The van der Waals surface area contributed by atoms with Gasteiger partial charge in [0.1, 0.15) is 0 Å². The molecule has 0 aliphatic rings. The van der Waals surface area contributed by atoms with Gasteiger partial charge in [-0.2, -0.15) is 0 Å². The molecule has 128 valence electrons. The molecule has 3 N–H and O–H groups in total. The van der Waals surface area contributed by atoms with Gasteiger partial charge < -0.3 is 10.6 Å². The number of thiophene rings is 1. The molecule has 4 aromatic rings. The Bertz CT molecular complexity index is 1040. The number of nitrogens with zero attached hydrogens (tertiary/aromatic N) is 2. The molecule has 0 amide bonds. The summed E-state index contributed by atoms with van der Waals surface area (Å²) in [6.07, 6.45) is 0. The summed E-state index contributed by atoms with van der Waals surface area (Å²) in [6, 6.07) is 21.3. The van der Waals surface area contributed by atoms with E-state index in [2.05, 4.69) is 25.8 Å². The zero-order valence-corrected chi connectivity index (χ0v) is 14.5. The van der Waals surface area contributed by atoms with Crippen LogP contribution in [0, 0.1) is 0 Å². The van der Waals surface area contributed by atoms with Gasteiger partial charge in [-0.15, -0.1) is 21.5 Å². The van der Waals surface area contributed by atoms with Crippen LogP contribution in [-0.2, 0) is 0 Å². The van der Waals surface area contributed by atoms with E-state index >= 15 is 0 Å². The highest BCUT2D eigenvalue weighted by molar-refractivity contribution is 7.13. The molecule has 7 heteroatoms. The van der Waals surface area contributed by atoms with Crippen LogP contribution in [0.2, 0.25) is 0 Å². The third kappa shape index (κ3) is 3.62. The summed E-state index contributed by atoms with van der Waals surface area (Å²) in [5.74, 6) is 0.305. The maximum Gasteiger partial charge on any atom is 0.280 e. The van der Waals surface area contributed by atoms with E-state index in [0.717, 1.165) is 21.9 Å². The van der Waals surface area contributed by atoms with Gasteiger partial charge in [0.15, 0.2) is 5.69 Å². The summed E-state index contributed by atoms with van der Waals surface area (Å²) in [6.45, 7) is 0. The maximum atomic E-state index is 12.2. The van der Waals surface area contributed by atoms with Crippen LogP contribution in [-0.4, -0.2) is 15.2 Å². The first-order valence-electron chi connectivity index (χ1n) is 7.98. The van der Waals surface area contributed by atoms with Crippen molar-refractivity contribution in [1.82, 2.24) is 15.2 Å². The molecule has 2 heterocycles. The van der Waals surface area contributed by atoms with Crippen molar-refractivity contribution in [3.8, 4) is 10.6 Å². The Kier molecular flexibility index (Phi) is 4.44. The SMILES string of the molecule is O=c1[nH]c(Nc2ccc(Nc3ccccc3)cc2)nnc1-c1cccs1. The molecule has 0 spiro atoms. The van der Waals surface area contributed by atoms with Crippen molar-refractivity contribution in [3.63, 3.8) is 0 Å². The summed E-state index contributed by atoms with van der Waals surface area (Å²) in [4.78, 5) is 15.7. The van der Waals surface area contributed by atoms with Crippen molar-refractivity contribution in [2.24, 2.45) is 0 Å². The second kappa shape index (κ2) is 7.20. The highest BCUT2D eigenvalue weighted by atomic mass is 32.1. The van der Waals surface area contributed by atoms with Crippen LogP contribution in [0.1, 0.15) is 0 Å². The van der Waals surface area contributed by atoms with E-state index < -0.39 is 0 Å². The first kappa shape index (κ1) is 16.0. The Balaban J connectivity index is 1.47. The normalized spacial score (nSPS) is 10.5. The molecule has 0 atom stereocenters. The molecule has 6 nitrogen and oxygen atoms in total. The van der Waals surface area contributed by atoms with E-state index in [1.165, 1.54) is 11.3 Å². The Morgan fingerprint density at radius 3 is 2.12 bits per heavy atom. The lowest BCUT2D eigenvalue weighted by atomic mass is 10.2. The Labute approximate surface area is 153 Å². The average molecular weight is 361 g/mol. The predicted octanol–water partition coefficient (Wildman–Crippen LogP) is 4.38. The first-order chi connectivity index (χ1) is 12.8. The fraction of sp³-hybridized carbons (Fsp3) is 0. The monoisotopic (exact) mass is 361 g/mol. The molecule has 2 aromatic carbocycles. The lowest BCUT2D eigenvalue weighted by Gasteiger charge is -2.08. The van der Waals surface area contributed by atoms with Crippen molar-refractivity contribution in [3.05, 3.63) is 82.5 Å². The molecule has 0 fully saturated rings. The highest BCUT2D eigenvalue weighted by Crippen LogP contribution is 2.21. The van der Waals surface area contributed by atoms with Gasteiger partial charge >= 0.3 is 0 Å². The quantitative estimate of drug-likeness (QED) is 0.491. The van der Waals surface area contributed by atoms with E-state index in [9.17, 15) is 4.79 Å². The number of rotatable bonds is 5. The van der Waals surface area contributed by atoms with Crippen LogP contribution in [0.25, 0.3) is 10.6 Å². The number of H-pyrrole nitrogens is 1. The molecular formula is C19H15N5OS. The number of hydrogen-bond donors (Lipinski definition) is 3. The topological polar surface area (TPSA) is 82.7 Å². The zero-order chi connectivity index (χ0) is 17.8. The van der Waals surface area contributed by atoms with E-state index in [1.54, 1.807) is 0 Å². The molecule has 0 radical (unpaired) electrons. The Morgan fingerprint density at radius 2 is 1.46 bits per heavy atom. The van der Waals surface area contributed by atoms with Crippen molar-refractivity contribution in [1.29, 1.82) is 0 Å². The van der Waals surface area contributed by atoms with Crippen LogP contribution < -0.4 is 16.2 Å². The molecule has 2 aromatic heterocycles. The van der Waals surface area contributed by atoms with Crippen molar-refractivity contribution >= 4 is 34.3 Å². The molecule has 26 heavy (non-hydrogen) atoms. The Morgan fingerprint density at radius 1 is 0.769 bits per heavy atom. The standard InChI is InChI=1S/C19H15N5OS/c25-18-17(16-7-4-12-26-16)23-24-19(22-18)21-15-10-8-14(9-11-15)20-13-5-2-1-3-6-13/h1-12,20H,(H2,21,22,24,25). The van der Waals surface area contributed by atoms with Gasteiger partial charge in [0.25, 0.3) is 5.56 Å². The third-order valence-electron chi connectivity index (χ3n) is 3.66. The van der Waals surface area contributed by atoms with Crippen molar-refractivity contribution in [2.45, 2.75) is 0 Å². The number of aromatic amines is 1. The molecule has 4 rings (SSSR count). The van der Waals surface area contributed by atoms with E-state index in [4.69, 9.17) is 0 Å². The molecular weight excluding hydrogens is 346 g/mol. The fourth-order valence-electron chi connectivity index (χ4n) is 2.43. The van der Waals surface area contributed by atoms with Crippen molar-refractivity contribution in [2.75, 3.05) is 10.6 Å². The van der Waals surface area contributed by atoms with E-state index in [-0.39, 0.29) is 5.56 Å². The van der Waals surface area contributed by atoms with Gasteiger partial charge in [0.2, 0.25) is 5.95 Å². The van der Waals surface area contributed by atoms with Crippen LogP contribution >= 0.6 is 11.3 Å². The molecule has 0 saturated carbocycles. The van der Waals surface area contributed by atoms with Crippen molar-refractivity contribution < 1.29 is 0 Å². The Hall–Kier alpha value is -3.45. The van der Waals surface area contributed by atoms with Crippen LogP contribution in [0.5, 0.6) is 0 Å². The van der Waals surface area contributed by atoms with Gasteiger partial charge in [-0.1, -0.05) is 24.3 Å². The summed E-state index contributed by atoms with van der Waals surface area (Å²) >= 11 is 1.45. The van der Waals surface area contributed by atoms with Crippen LogP contribution in [0.3, 0.4) is 0 Å². The number of nitrogens with one attached hydrogen (secondary N) is 3. The smallest absolute Gasteiger partial charge is 0.280 e. The maximum absolute atomic E-state index is 12.2. The molecule has 0 aliphatic heterocycles. The van der Waals surface area contributed by atoms with Gasteiger partial charge in [-0.05, 0) is 47.8 Å². The lowest BCUT2D eigenvalue weighted by Crippen LogP contribution is -2.15. The average Bonchev–Trinajstić information content (AvgIpc) is 3.19. The van der Waals surface area contributed by atoms with Gasteiger partial charge in [-0.3, -0.25) is 9.78 Å². The second-order valence-corrected chi connectivity index (χ2v) is 6.47. The fourth-order valence-corrected chi connectivity index (χ4v) is 3.14. The zero-order valence-electron chi connectivity index (χ0n) is 13.6. The molecule has 0 saturated heterocycles. The number of hydrogen-bond acceptors (Lipinski definition) is 6. The lowest BCUT2D eigenvalue weighted by molar-refractivity contribution is 0.964. The predicted molar refractivity (Wildman–Crippen MR) is 105 cm³/mol. The number of para-hydroxylation sites is 1. The minimum Gasteiger partial charge on any atom is -0.356 e. The second-order valence-electron chi connectivity index (χ2n) is 5.52. The summed E-state index contributed by atoms with van der Waals surface area (Å²) in [7, 11) is 0. The summed E-state index contributed by atoms with van der Waals surface area (Å²) in [5, 5.41) is 16.4. The van der Waals surface area contributed by atoms with Gasteiger partial charge in [0, 0.05) is 17.1 Å². The van der Waals surface area contributed by atoms with Gasteiger partial charge in [0.05, 0.1) is 4.88 Å². The van der Waals surface area contributed by atoms with Crippen LogP contribution in [0.15, 0.2) is 76.9 Å². The summed E-state index contributed by atoms with van der Waals surface area (Å²) in [5.41, 5.74) is 2.85. The minimum atomic E-state index is -0.271. The van der Waals surface area contributed by atoms with Gasteiger partial charge in [-0.25, -0.2) is 0 Å². The molecule has 0 bridgehead atoms. The minimum absolute atomic E-state index is 0.271. The first-order valence-corrected chi connectivity index (χ1v) is 8.86. The van der Waals surface area contributed by atoms with Crippen LogP contribution in [0.4, 0.5) is 23.0 Å². The third-order valence-corrected chi connectivity index (χ3v) is 4.54.